The Morgan fingerprint density at radius 1 is 0.931 bits per heavy atom. The molecule has 3 aliphatic heterocycles. The Labute approximate surface area is 175 Å². The molecule has 0 spiro atoms. The van der Waals surface area contributed by atoms with E-state index in [9.17, 15) is 9.59 Å². The highest BCUT2D eigenvalue weighted by molar-refractivity contribution is 5.96. The number of benzene rings is 1. The topological polar surface area (TPSA) is 43.9 Å². The number of aryl methyl sites for hydroxylation is 1. The Kier molecular flexibility index (Phi) is 6.53. The summed E-state index contributed by atoms with van der Waals surface area (Å²) in [4.78, 5) is 32.4. The summed E-state index contributed by atoms with van der Waals surface area (Å²) in [7, 11) is 0. The van der Waals surface area contributed by atoms with Crippen LogP contribution >= 0.6 is 0 Å². The summed E-state index contributed by atoms with van der Waals surface area (Å²) < 4.78 is 0. The number of carbonyl (C=O) groups is 2. The van der Waals surface area contributed by atoms with E-state index in [2.05, 4.69) is 34.9 Å². The van der Waals surface area contributed by atoms with Crippen molar-refractivity contribution < 1.29 is 9.59 Å². The van der Waals surface area contributed by atoms with Crippen molar-refractivity contribution >= 4 is 17.5 Å². The van der Waals surface area contributed by atoms with E-state index in [1.54, 1.807) is 0 Å². The van der Waals surface area contributed by atoms with Crippen molar-refractivity contribution in [2.24, 2.45) is 5.92 Å². The number of likely N-dealkylation sites (tertiary alicyclic amines) is 2. The molecular weight excluding hydrogens is 362 g/mol. The van der Waals surface area contributed by atoms with Crippen LogP contribution in [-0.4, -0.2) is 60.4 Å². The molecule has 0 saturated carbocycles. The number of piperidine rings is 1. The lowest BCUT2D eigenvalue weighted by atomic mass is 9.94. The van der Waals surface area contributed by atoms with Crippen LogP contribution in [0.5, 0.6) is 0 Å². The third-order valence-electron chi connectivity index (χ3n) is 7.01. The Morgan fingerprint density at radius 3 is 2.34 bits per heavy atom. The van der Waals surface area contributed by atoms with E-state index in [4.69, 9.17) is 0 Å². The fraction of sp³-hybridized carbons (Fsp3) is 0.667. The van der Waals surface area contributed by atoms with Gasteiger partial charge in [0.15, 0.2) is 0 Å². The van der Waals surface area contributed by atoms with Crippen molar-refractivity contribution in [3.05, 3.63) is 29.8 Å². The zero-order valence-electron chi connectivity index (χ0n) is 17.8. The zero-order chi connectivity index (χ0) is 20.2. The van der Waals surface area contributed by atoms with Gasteiger partial charge in [0.25, 0.3) is 0 Å². The van der Waals surface area contributed by atoms with Gasteiger partial charge in [-0.2, -0.15) is 0 Å². The number of carbonyl (C=O) groups excluding carboxylic acids is 2. The van der Waals surface area contributed by atoms with E-state index < -0.39 is 0 Å². The quantitative estimate of drug-likeness (QED) is 0.784. The summed E-state index contributed by atoms with van der Waals surface area (Å²) in [5.74, 6) is 0.701. The molecular formula is C24H35N3O2. The van der Waals surface area contributed by atoms with Crippen LogP contribution in [0.3, 0.4) is 0 Å². The van der Waals surface area contributed by atoms with Crippen LogP contribution in [0.15, 0.2) is 24.3 Å². The van der Waals surface area contributed by atoms with Gasteiger partial charge in [0.1, 0.15) is 0 Å². The predicted octanol–water partition coefficient (Wildman–Crippen LogP) is 3.47. The molecule has 2 amide bonds. The van der Waals surface area contributed by atoms with Crippen LogP contribution in [0.25, 0.3) is 0 Å². The summed E-state index contributed by atoms with van der Waals surface area (Å²) in [5.41, 5.74) is 2.36. The highest BCUT2D eigenvalue weighted by Gasteiger charge is 2.32. The molecule has 0 bridgehead atoms. The average Bonchev–Trinajstić information content (AvgIpc) is 3.03. The number of rotatable bonds is 3. The van der Waals surface area contributed by atoms with Crippen LogP contribution in [0, 0.1) is 5.92 Å². The number of hydrogen-bond donors (Lipinski definition) is 0. The van der Waals surface area contributed by atoms with Gasteiger partial charge in [-0.05, 0) is 70.2 Å². The maximum atomic E-state index is 13.1. The maximum Gasteiger partial charge on any atom is 0.241 e. The lowest BCUT2D eigenvalue weighted by Crippen LogP contribution is -2.49. The van der Waals surface area contributed by atoms with Crippen molar-refractivity contribution in [3.63, 3.8) is 0 Å². The third kappa shape index (κ3) is 4.66. The molecule has 1 unspecified atom stereocenters. The van der Waals surface area contributed by atoms with Gasteiger partial charge in [-0.15, -0.1) is 0 Å². The van der Waals surface area contributed by atoms with Crippen molar-refractivity contribution in [2.75, 3.05) is 37.6 Å². The highest BCUT2D eigenvalue weighted by Crippen LogP contribution is 2.31. The van der Waals surface area contributed by atoms with E-state index in [0.29, 0.717) is 12.5 Å². The number of hydrogen-bond acceptors (Lipinski definition) is 3. The lowest BCUT2D eigenvalue weighted by molar-refractivity contribution is -0.137. The van der Waals surface area contributed by atoms with Crippen molar-refractivity contribution in [2.45, 2.75) is 64.3 Å². The minimum Gasteiger partial charge on any atom is -0.342 e. The zero-order valence-corrected chi connectivity index (χ0v) is 17.8. The second kappa shape index (κ2) is 9.29. The normalized spacial score (nSPS) is 24.1. The van der Waals surface area contributed by atoms with E-state index in [1.165, 1.54) is 18.4 Å². The molecule has 1 atom stereocenters. The molecule has 5 nitrogen and oxygen atoms in total. The molecule has 3 aliphatic rings. The molecule has 3 heterocycles. The largest absolute Gasteiger partial charge is 0.342 e. The van der Waals surface area contributed by atoms with Gasteiger partial charge >= 0.3 is 0 Å². The predicted molar refractivity (Wildman–Crippen MR) is 116 cm³/mol. The molecule has 1 aromatic rings. The fourth-order valence-electron chi connectivity index (χ4n) is 5.22. The van der Waals surface area contributed by atoms with Gasteiger partial charge in [-0.3, -0.25) is 14.5 Å². The van der Waals surface area contributed by atoms with Crippen molar-refractivity contribution in [1.29, 1.82) is 0 Å². The van der Waals surface area contributed by atoms with Crippen LogP contribution in [0.1, 0.15) is 57.4 Å². The van der Waals surface area contributed by atoms with Crippen LogP contribution in [0.4, 0.5) is 5.69 Å². The Balaban J connectivity index is 1.32. The molecule has 2 saturated heterocycles. The summed E-state index contributed by atoms with van der Waals surface area (Å²) in [6, 6.07) is 8.55. The van der Waals surface area contributed by atoms with Gasteiger partial charge in [0.2, 0.25) is 11.8 Å². The Morgan fingerprint density at radius 2 is 1.62 bits per heavy atom. The molecule has 0 radical (unpaired) electrons. The summed E-state index contributed by atoms with van der Waals surface area (Å²) in [6.45, 7) is 6.18. The first kappa shape index (κ1) is 20.4. The highest BCUT2D eigenvalue weighted by atomic mass is 16.2. The Hall–Kier alpha value is -1.88. The van der Waals surface area contributed by atoms with Crippen LogP contribution in [0.2, 0.25) is 0 Å². The second-order valence-corrected chi connectivity index (χ2v) is 9.07. The van der Waals surface area contributed by atoms with Gasteiger partial charge in [0.05, 0.1) is 6.54 Å². The van der Waals surface area contributed by atoms with E-state index in [-0.39, 0.29) is 17.9 Å². The number of para-hydroxylation sites is 1. The fourth-order valence-corrected chi connectivity index (χ4v) is 5.22. The lowest BCUT2D eigenvalue weighted by Gasteiger charge is -2.38. The molecule has 4 rings (SSSR count). The first-order valence-corrected chi connectivity index (χ1v) is 11.5. The second-order valence-electron chi connectivity index (χ2n) is 9.07. The SMILES string of the molecule is CC1CCc2ccccc2N1C(=O)CN1CCC(C(=O)N2CCCCCC2)CC1. The third-order valence-corrected chi connectivity index (χ3v) is 7.01. The monoisotopic (exact) mass is 397 g/mol. The molecule has 29 heavy (non-hydrogen) atoms. The molecule has 2 fully saturated rings. The molecule has 0 aromatic heterocycles. The van der Waals surface area contributed by atoms with E-state index in [1.807, 2.05) is 11.0 Å². The van der Waals surface area contributed by atoms with Crippen molar-refractivity contribution in [3.8, 4) is 0 Å². The number of anilines is 1. The number of nitrogens with zero attached hydrogens (tertiary/aromatic N) is 3. The minimum absolute atomic E-state index is 0.147. The summed E-state index contributed by atoms with van der Waals surface area (Å²) in [5, 5.41) is 0. The molecule has 0 N–H and O–H groups in total. The van der Waals surface area contributed by atoms with Crippen LogP contribution < -0.4 is 4.90 Å². The van der Waals surface area contributed by atoms with E-state index >= 15 is 0 Å². The maximum absolute atomic E-state index is 13.1. The summed E-state index contributed by atoms with van der Waals surface area (Å²) in [6.07, 6.45) is 8.64. The number of fused-ring (bicyclic) bond motifs is 1. The van der Waals surface area contributed by atoms with E-state index in [0.717, 1.165) is 70.4 Å². The first-order valence-electron chi connectivity index (χ1n) is 11.5. The molecule has 0 aliphatic carbocycles. The van der Waals surface area contributed by atoms with Crippen molar-refractivity contribution in [1.82, 2.24) is 9.80 Å². The van der Waals surface area contributed by atoms with Gasteiger partial charge in [-0.1, -0.05) is 31.0 Å². The molecule has 5 heteroatoms. The van der Waals surface area contributed by atoms with Gasteiger partial charge < -0.3 is 9.80 Å². The molecule has 1 aromatic carbocycles. The van der Waals surface area contributed by atoms with Gasteiger partial charge in [-0.25, -0.2) is 0 Å². The average molecular weight is 398 g/mol. The first-order chi connectivity index (χ1) is 14.1. The standard InChI is InChI=1S/C24H35N3O2/c1-19-10-11-20-8-4-5-9-22(20)27(19)23(28)18-25-16-12-21(13-17-25)24(29)26-14-6-2-3-7-15-26/h4-5,8-9,19,21H,2-3,6-7,10-18H2,1H3. The Bertz CT molecular complexity index is 719. The minimum atomic E-state index is 0.147. The summed E-state index contributed by atoms with van der Waals surface area (Å²) >= 11 is 0. The smallest absolute Gasteiger partial charge is 0.241 e. The molecule has 158 valence electrons. The number of amides is 2. The van der Waals surface area contributed by atoms with Crippen LogP contribution in [-0.2, 0) is 16.0 Å². The van der Waals surface area contributed by atoms with Gasteiger partial charge in [0, 0.05) is 30.7 Å².